The number of carboxylic acids is 1. The Balaban J connectivity index is 2.21. The van der Waals surface area contributed by atoms with Gasteiger partial charge in [-0.15, -0.1) is 11.6 Å². The van der Waals surface area contributed by atoms with E-state index in [1.165, 1.54) is 0 Å². The highest BCUT2D eigenvalue weighted by Crippen LogP contribution is 2.54. The third-order valence-corrected chi connectivity index (χ3v) is 5.17. The number of rotatable bonds is 4. The van der Waals surface area contributed by atoms with Crippen LogP contribution in [0.4, 0.5) is 0 Å². The number of allylic oxidation sites excluding steroid dienone is 4. The minimum absolute atomic E-state index is 0.0265. The van der Waals surface area contributed by atoms with Crippen molar-refractivity contribution < 1.29 is 14.7 Å². The topological polar surface area (TPSA) is 80.4 Å². The fourth-order valence-corrected chi connectivity index (χ4v) is 2.98. The highest BCUT2D eigenvalue weighted by atomic mass is 35.5. The summed E-state index contributed by atoms with van der Waals surface area (Å²) >= 11 is 12.0. The monoisotopic (exact) mass is 303 g/mol. The normalized spacial score (nSPS) is 37.4. The van der Waals surface area contributed by atoms with Crippen molar-refractivity contribution in [2.75, 3.05) is 6.54 Å². The number of alkyl halides is 1. The molecular weight excluding hydrogens is 289 g/mol. The number of carboxylic acid groups (broad SMARTS) is 1. The van der Waals surface area contributed by atoms with Crippen molar-refractivity contribution in [2.24, 2.45) is 23.0 Å². The lowest BCUT2D eigenvalue weighted by atomic mass is 9.86. The van der Waals surface area contributed by atoms with Crippen molar-refractivity contribution in [3.8, 4) is 0 Å². The molecule has 0 spiro atoms. The van der Waals surface area contributed by atoms with E-state index in [0.717, 1.165) is 0 Å². The molecule has 0 saturated heterocycles. The van der Waals surface area contributed by atoms with Gasteiger partial charge in [0.2, 0.25) is 0 Å². The molecule has 0 heterocycles. The molecule has 4 nitrogen and oxygen atoms in total. The molecule has 19 heavy (non-hydrogen) atoms. The standard InChI is InChI=1S/C13H15Cl2NO3/c1-6-7(2-3-9(14)10(6)15)11(17)8-4-13(8,5-16)12(18)19/h2-3,6,8,10H,4-5,16H2,1H3,(H,18,19). The Morgan fingerprint density at radius 1 is 1.53 bits per heavy atom. The summed E-state index contributed by atoms with van der Waals surface area (Å²) in [5.74, 6) is -1.95. The molecule has 0 aromatic rings. The van der Waals surface area contributed by atoms with Crippen LogP contribution >= 0.6 is 23.2 Å². The third-order valence-electron chi connectivity index (χ3n) is 4.08. The van der Waals surface area contributed by atoms with Gasteiger partial charge in [-0.1, -0.05) is 24.6 Å². The molecule has 1 fully saturated rings. The van der Waals surface area contributed by atoms with Crippen molar-refractivity contribution >= 4 is 35.0 Å². The number of hydrogen-bond acceptors (Lipinski definition) is 3. The highest BCUT2D eigenvalue weighted by Gasteiger charge is 2.63. The Morgan fingerprint density at radius 2 is 2.16 bits per heavy atom. The second kappa shape index (κ2) is 4.93. The van der Waals surface area contributed by atoms with Gasteiger partial charge in [0.05, 0.1) is 10.8 Å². The first-order valence-corrected chi connectivity index (χ1v) is 6.85. The lowest BCUT2D eigenvalue weighted by Gasteiger charge is -2.23. The molecule has 2 aliphatic rings. The number of Topliss-reactive ketones (excluding diaryl/α,β-unsaturated/α-hetero) is 1. The summed E-state index contributed by atoms with van der Waals surface area (Å²) in [6.45, 7) is 1.78. The van der Waals surface area contributed by atoms with Gasteiger partial charge in [-0.05, 0) is 12.5 Å². The number of carbonyl (C=O) groups is 2. The molecule has 4 unspecified atom stereocenters. The van der Waals surface area contributed by atoms with Crippen LogP contribution < -0.4 is 5.73 Å². The summed E-state index contributed by atoms with van der Waals surface area (Å²) in [5.41, 5.74) is 4.94. The smallest absolute Gasteiger partial charge is 0.311 e. The van der Waals surface area contributed by atoms with Crippen LogP contribution in [0.15, 0.2) is 22.8 Å². The second-order valence-electron chi connectivity index (χ2n) is 5.15. The Kier molecular flexibility index (Phi) is 3.78. The molecule has 6 heteroatoms. The van der Waals surface area contributed by atoms with Crippen molar-refractivity contribution in [2.45, 2.75) is 18.7 Å². The van der Waals surface area contributed by atoms with Crippen LogP contribution in [0.2, 0.25) is 0 Å². The average molecular weight is 304 g/mol. The van der Waals surface area contributed by atoms with Crippen LogP contribution in [0.5, 0.6) is 0 Å². The number of carbonyl (C=O) groups excluding carboxylic acids is 1. The molecule has 0 aliphatic heterocycles. The second-order valence-corrected chi connectivity index (χ2v) is 6.06. The van der Waals surface area contributed by atoms with E-state index < -0.39 is 22.7 Å². The van der Waals surface area contributed by atoms with E-state index in [-0.39, 0.29) is 18.2 Å². The fraction of sp³-hybridized carbons (Fsp3) is 0.538. The maximum atomic E-state index is 12.4. The Bertz CT molecular complexity index is 500. The summed E-state index contributed by atoms with van der Waals surface area (Å²) < 4.78 is 0. The van der Waals surface area contributed by atoms with E-state index in [0.29, 0.717) is 17.0 Å². The molecular formula is C13H15Cl2NO3. The molecule has 1 saturated carbocycles. The molecule has 0 aromatic heterocycles. The van der Waals surface area contributed by atoms with Crippen LogP contribution in [0, 0.1) is 17.3 Å². The minimum Gasteiger partial charge on any atom is -0.481 e. The van der Waals surface area contributed by atoms with E-state index in [1.807, 2.05) is 6.92 Å². The van der Waals surface area contributed by atoms with Crippen LogP contribution in [0.1, 0.15) is 13.3 Å². The molecule has 0 aromatic carbocycles. The number of halogens is 2. The Morgan fingerprint density at radius 3 is 2.63 bits per heavy atom. The van der Waals surface area contributed by atoms with Gasteiger partial charge in [-0.25, -0.2) is 0 Å². The molecule has 0 bridgehead atoms. The quantitative estimate of drug-likeness (QED) is 0.778. The number of aliphatic carboxylic acids is 1. The van der Waals surface area contributed by atoms with E-state index >= 15 is 0 Å². The van der Waals surface area contributed by atoms with Crippen molar-refractivity contribution in [3.63, 3.8) is 0 Å². The molecule has 2 rings (SSSR count). The SMILES string of the molecule is CC1C(C(=O)C2CC2(CN)C(=O)O)=CC=C(Cl)C1Cl. The van der Waals surface area contributed by atoms with Gasteiger partial charge >= 0.3 is 5.97 Å². The minimum atomic E-state index is -1.09. The van der Waals surface area contributed by atoms with Crippen LogP contribution in [-0.4, -0.2) is 28.8 Å². The predicted molar refractivity (Wildman–Crippen MR) is 73.1 cm³/mol. The van der Waals surface area contributed by atoms with Crippen LogP contribution in [0.25, 0.3) is 0 Å². The maximum Gasteiger partial charge on any atom is 0.311 e. The zero-order valence-electron chi connectivity index (χ0n) is 10.4. The first kappa shape index (κ1) is 14.6. The molecule has 2 aliphatic carbocycles. The van der Waals surface area contributed by atoms with Crippen molar-refractivity contribution in [1.82, 2.24) is 0 Å². The summed E-state index contributed by atoms with van der Waals surface area (Å²) in [6.07, 6.45) is 3.53. The van der Waals surface area contributed by atoms with Crippen molar-refractivity contribution in [3.05, 3.63) is 22.8 Å². The average Bonchev–Trinajstić information content (AvgIpc) is 3.11. The summed E-state index contributed by atoms with van der Waals surface area (Å²) in [7, 11) is 0. The van der Waals surface area contributed by atoms with Gasteiger partial charge in [0.15, 0.2) is 5.78 Å². The zero-order chi connectivity index (χ0) is 14.4. The summed E-state index contributed by atoms with van der Waals surface area (Å²) in [5, 5.41) is 9.22. The maximum absolute atomic E-state index is 12.4. The number of ketones is 1. The number of hydrogen-bond donors (Lipinski definition) is 2. The van der Waals surface area contributed by atoms with Gasteiger partial charge in [0.25, 0.3) is 0 Å². The lowest BCUT2D eigenvalue weighted by Crippen LogP contribution is -2.31. The first-order chi connectivity index (χ1) is 8.85. The van der Waals surface area contributed by atoms with E-state index in [4.69, 9.17) is 28.9 Å². The van der Waals surface area contributed by atoms with Gasteiger partial charge in [-0.2, -0.15) is 0 Å². The molecule has 0 amide bonds. The Hall–Kier alpha value is -0.840. The van der Waals surface area contributed by atoms with Gasteiger partial charge in [0, 0.05) is 29.0 Å². The van der Waals surface area contributed by atoms with E-state index in [1.54, 1.807) is 12.2 Å². The van der Waals surface area contributed by atoms with Gasteiger partial charge in [-0.3, -0.25) is 9.59 Å². The van der Waals surface area contributed by atoms with Crippen molar-refractivity contribution in [1.29, 1.82) is 0 Å². The highest BCUT2D eigenvalue weighted by molar-refractivity contribution is 6.38. The molecule has 104 valence electrons. The molecule has 4 atom stereocenters. The lowest BCUT2D eigenvalue weighted by molar-refractivity contribution is -0.144. The molecule has 0 radical (unpaired) electrons. The van der Waals surface area contributed by atoms with Gasteiger partial charge < -0.3 is 10.8 Å². The first-order valence-electron chi connectivity index (χ1n) is 6.04. The summed E-state index contributed by atoms with van der Waals surface area (Å²) in [4.78, 5) is 23.6. The predicted octanol–water partition coefficient (Wildman–Crippen LogP) is 1.91. The van der Waals surface area contributed by atoms with Gasteiger partial charge in [0.1, 0.15) is 0 Å². The van der Waals surface area contributed by atoms with Crippen LogP contribution in [0.3, 0.4) is 0 Å². The Labute approximate surface area is 121 Å². The van der Waals surface area contributed by atoms with E-state index in [2.05, 4.69) is 0 Å². The van der Waals surface area contributed by atoms with E-state index in [9.17, 15) is 14.7 Å². The zero-order valence-corrected chi connectivity index (χ0v) is 11.9. The largest absolute Gasteiger partial charge is 0.481 e. The fourth-order valence-electron chi connectivity index (χ4n) is 2.52. The number of nitrogens with two attached hydrogens (primary N) is 1. The summed E-state index contributed by atoms with van der Waals surface area (Å²) in [6, 6.07) is 0. The third kappa shape index (κ3) is 2.22. The van der Waals surface area contributed by atoms with Crippen LogP contribution in [-0.2, 0) is 9.59 Å². The molecule has 3 N–H and O–H groups in total.